The van der Waals surface area contributed by atoms with Gasteiger partial charge in [0.25, 0.3) is 0 Å². The van der Waals surface area contributed by atoms with Crippen LogP contribution in [-0.2, 0) is 6.54 Å². The SMILES string of the molecule is CC(=O)c1c(C)nn(CC2CC2)c1C. The number of carbonyl (C=O) groups is 1. The Morgan fingerprint density at radius 2 is 2.14 bits per heavy atom. The molecule has 0 atom stereocenters. The first-order valence-electron chi connectivity index (χ1n) is 5.14. The predicted octanol–water partition coefficient (Wildman–Crippen LogP) is 2.11. The molecule has 0 N–H and O–H groups in total. The van der Waals surface area contributed by atoms with E-state index in [1.54, 1.807) is 6.92 Å². The zero-order valence-corrected chi connectivity index (χ0v) is 9.00. The topological polar surface area (TPSA) is 34.9 Å². The average molecular weight is 192 g/mol. The van der Waals surface area contributed by atoms with E-state index in [9.17, 15) is 4.79 Å². The summed E-state index contributed by atoms with van der Waals surface area (Å²) in [4.78, 5) is 11.3. The molecule has 2 rings (SSSR count). The number of nitrogens with zero attached hydrogens (tertiary/aromatic N) is 2. The van der Waals surface area contributed by atoms with Crippen molar-refractivity contribution >= 4 is 5.78 Å². The van der Waals surface area contributed by atoms with Crippen LogP contribution in [0.3, 0.4) is 0 Å². The summed E-state index contributed by atoms with van der Waals surface area (Å²) in [5.41, 5.74) is 2.71. The van der Waals surface area contributed by atoms with Crippen molar-refractivity contribution in [2.45, 2.75) is 40.2 Å². The van der Waals surface area contributed by atoms with Crippen molar-refractivity contribution in [3.05, 3.63) is 17.0 Å². The first kappa shape index (κ1) is 9.44. The van der Waals surface area contributed by atoms with Gasteiger partial charge >= 0.3 is 0 Å². The summed E-state index contributed by atoms with van der Waals surface area (Å²) in [6.07, 6.45) is 2.63. The Hall–Kier alpha value is -1.12. The summed E-state index contributed by atoms with van der Waals surface area (Å²) in [5.74, 6) is 0.926. The molecule has 0 amide bonds. The average Bonchev–Trinajstić information content (AvgIpc) is 2.81. The smallest absolute Gasteiger partial charge is 0.163 e. The predicted molar refractivity (Wildman–Crippen MR) is 54.4 cm³/mol. The highest BCUT2D eigenvalue weighted by Crippen LogP contribution is 2.31. The van der Waals surface area contributed by atoms with Gasteiger partial charge in [0.2, 0.25) is 0 Å². The molecule has 1 heterocycles. The molecule has 1 saturated carbocycles. The van der Waals surface area contributed by atoms with Gasteiger partial charge in [0.05, 0.1) is 11.3 Å². The van der Waals surface area contributed by atoms with Gasteiger partial charge in [-0.1, -0.05) is 0 Å². The van der Waals surface area contributed by atoms with Crippen molar-refractivity contribution in [3.8, 4) is 0 Å². The van der Waals surface area contributed by atoms with Crippen molar-refractivity contribution in [3.63, 3.8) is 0 Å². The Kier molecular flexibility index (Phi) is 2.17. The molecule has 1 aromatic rings. The Morgan fingerprint density at radius 3 is 2.57 bits per heavy atom. The first-order chi connectivity index (χ1) is 6.59. The van der Waals surface area contributed by atoms with E-state index in [1.165, 1.54) is 12.8 Å². The number of hydrogen-bond acceptors (Lipinski definition) is 2. The molecule has 1 aliphatic rings. The van der Waals surface area contributed by atoms with Gasteiger partial charge in [-0.3, -0.25) is 9.48 Å². The van der Waals surface area contributed by atoms with E-state index in [2.05, 4.69) is 5.10 Å². The minimum absolute atomic E-state index is 0.127. The van der Waals surface area contributed by atoms with E-state index in [1.807, 2.05) is 18.5 Å². The third-order valence-corrected chi connectivity index (χ3v) is 2.86. The van der Waals surface area contributed by atoms with Crippen molar-refractivity contribution in [2.24, 2.45) is 5.92 Å². The minimum atomic E-state index is 0.127. The van der Waals surface area contributed by atoms with Crippen LogP contribution in [0.4, 0.5) is 0 Å². The number of aryl methyl sites for hydroxylation is 1. The minimum Gasteiger partial charge on any atom is -0.294 e. The number of hydrogen-bond donors (Lipinski definition) is 0. The molecule has 1 aliphatic carbocycles. The van der Waals surface area contributed by atoms with Crippen LogP contribution < -0.4 is 0 Å². The monoisotopic (exact) mass is 192 g/mol. The molecule has 76 valence electrons. The number of rotatable bonds is 3. The van der Waals surface area contributed by atoms with E-state index in [-0.39, 0.29) is 5.78 Å². The van der Waals surface area contributed by atoms with Gasteiger partial charge in [0.15, 0.2) is 5.78 Å². The van der Waals surface area contributed by atoms with Gasteiger partial charge in [-0.25, -0.2) is 0 Å². The molecule has 1 aromatic heterocycles. The molecule has 0 aromatic carbocycles. The van der Waals surface area contributed by atoms with E-state index >= 15 is 0 Å². The van der Waals surface area contributed by atoms with Gasteiger partial charge in [-0.2, -0.15) is 5.10 Å². The lowest BCUT2D eigenvalue weighted by Crippen LogP contribution is -2.05. The van der Waals surface area contributed by atoms with Crippen molar-refractivity contribution in [1.82, 2.24) is 9.78 Å². The lowest BCUT2D eigenvalue weighted by Gasteiger charge is -2.02. The van der Waals surface area contributed by atoms with Gasteiger partial charge < -0.3 is 0 Å². The summed E-state index contributed by atoms with van der Waals surface area (Å²) in [5, 5.41) is 4.41. The molecule has 0 aliphatic heterocycles. The number of aromatic nitrogens is 2. The zero-order chi connectivity index (χ0) is 10.3. The van der Waals surface area contributed by atoms with E-state index < -0.39 is 0 Å². The normalized spacial score (nSPS) is 15.9. The van der Waals surface area contributed by atoms with Gasteiger partial charge in [0.1, 0.15) is 0 Å². The number of Topliss-reactive ketones (excluding diaryl/α,β-unsaturated/α-hetero) is 1. The van der Waals surface area contributed by atoms with Crippen LogP contribution in [0.1, 0.15) is 41.5 Å². The lowest BCUT2D eigenvalue weighted by molar-refractivity contribution is 0.101. The number of carbonyl (C=O) groups excluding carboxylic acids is 1. The molecule has 0 bridgehead atoms. The van der Waals surface area contributed by atoms with Crippen LogP contribution in [-0.4, -0.2) is 15.6 Å². The Morgan fingerprint density at radius 1 is 1.50 bits per heavy atom. The van der Waals surface area contributed by atoms with Gasteiger partial charge in [-0.15, -0.1) is 0 Å². The second-order valence-electron chi connectivity index (χ2n) is 4.23. The molecule has 14 heavy (non-hydrogen) atoms. The summed E-state index contributed by atoms with van der Waals surface area (Å²) in [6.45, 7) is 6.49. The third kappa shape index (κ3) is 1.59. The fourth-order valence-corrected chi connectivity index (χ4v) is 1.93. The Bertz CT molecular complexity index is 375. The highest BCUT2D eigenvalue weighted by Gasteiger charge is 2.24. The maximum Gasteiger partial charge on any atom is 0.163 e. The molecule has 3 heteroatoms. The standard InChI is InChI=1S/C11H16N2O/c1-7-11(9(3)14)8(2)13(12-7)6-10-4-5-10/h10H,4-6H2,1-3H3. The maximum atomic E-state index is 11.3. The first-order valence-corrected chi connectivity index (χ1v) is 5.14. The summed E-state index contributed by atoms with van der Waals surface area (Å²) in [7, 11) is 0. The fraction of sp³-hybridized carbons (Fsp3) is 0.636. The molecular formula is C11H16N2O. The van der Waals surface area contributed by atoms with E-state index in [0.29, 0.717) is 0 Å². The maximum absolute atomic E-state index is 11.3. The van der Waals surface area contributed by atoms with Crippen LogP contribution in [0.25, 0.3) is 0 Å². The molecule has 0 spiro atoms. The van der Waals surface area contributed by atoms with Crippen LogP contribution in [0, 0.1) is 19.8 Å². The van der Waals surface area contributed by atoms with E-state index in [4.69, 9.17) is 0 Å². The van der Waals surface area contributed by atoms with Crippen LogP contribution in [0.15, 0.2) is 0 Å². The Labute approximate surface area is 84.1 Å². The van der Waals surface area contributed by atoms with Gasteiger partial charge in [-0.05, 0) is 39.5 Å². The summed E-state index contributed by atoms with van der Waals surface area (Å²) < 4.78 is 1.99. The molecule has 0 unspecified atom stereocenters. The zero-order valence-electron chi connectivity index (χ0n) is 9.00. The van der Waals surface area contributed by atoms with Crippen LogP contribution in [0.2, 0.25) is 0 Å². The number of ketones is 1. The van der Waals surface area contributed by atoms with Crippen molar-refractivity contribution < 1.29 is 4.79 Å². The molecule has 3 nitrogen and oxygen atoms in total. The third-order valence-electron chi connectivity index (χ3n) is 2.86. The second-order valence-corrected chi connectivity index (χ2v) is 4.23. The summed E-state index contributed by atoms with van der Waals surface area (Å²) >= 11 is 0. The highest BCUT2D eigenvalue weighted by molar-refractivity contribution is 5.96. The second kappa shape index (κ2) is 3.23. The lowest BCUT2D eigenvalue weighted by atomic mass is 10.1. The summed E-state index contributed by atoms with van der Waals surface area (Å²) in [6, 6.07) is 0. The molecule has 0 radical (unpaired) electrons. The van der Waals surface area contributed by atoms with E-state index in [0.717, 1.165) is 29.4 Å². The largest absolute Gasteiger partial charge is 0.294 e. The van der Waals surface area contributed by atoms with Crippen LogP contribution in [0.5, 0.6) is 0 Å². The molecular weight excluding hydrogens is 176 g/mol. The van der Waals surface area contributed by atoms with Crippen molar-refractivity contribution in [1.29, 1.82) is 0 Å². The highest BCUT2D eigenvalue weighted by atomic mass is 16.1. The fourth-order valence-electron chi connectivity index (χ4n) is 1.93. The molecule has 0 saturated heterocycles. The van der Waals surface area contributed by atoms with Crippen molar-refractivity contribution in [2.75, 3.05) is 0 Å². The molecule has 1 fully saturated rings. The van der Waals surface area contributed by atoms with Gasteiger partial charge in [0, 0.05) is 12.2 Å². The quantitative estimate of drug-likeness (QED) is 0.687. The van der Waals surface area contributed by atoms with Crippen LogP contribution >= 0.6 is 0 Å². The Balaban J connectivity index is 2.32.